The van der Waals surface area contributed by atoms with Crippen LogP contribution in [0, 0.1) is 5.92 Å². The highest BCUT2D eigenvalue weighted by Gasteiger charge is 2.37. The third kappa shape index (κ3) is 16.8. The summed E-state index contributed by atoms with van der Waals surface area (Å²) in [5.74, 6) is 1.42. The third-order valence-corrected chi connectivity index (χ3v) is 13.9. The zero-order valence-electron chi connectivity index (χ0n) is 27.2. The van der Waals surface area contributed by atoms with Crippen LogP contribution in [0.15, 0.2) is 35.9 Å². The van der Waals surface area contributed by atoms with E-state index in [4.69, 9.17) is 23.4 Å². The lowest BCUT2D eigenvalue weighted by atomic mass is 10.0. The third-order valence-electron chi connectivity index (χ3n) is 7.65. The van der Waals surface area contributed by atoms with E-state index >= 15 is 0 Å². The van der Waals surface area contributed by atoms with Crippen LogP contribution in [0.2, 0.25) is 43.8 Å². The van der Waals surface area contributed by atoms with Crippen molar-refractivity contribution in [2.45, 2.75) is 117 Å². The quantitative estimate of drug-likeness (QED) is 0.0666. The van der Waals surface area contributed by atoms with Crippen LogP contribution in [0.3, 0.4) is 0 Å². The van der Waals surface area contributed by atoms with E-state index < -0.39 is 16.4 Å². The maximum absolute atomic E-state index is 6.51. The maximum Gasteiger partial charge on any atom is 0.192 e. The van der Waals surface area contributed by atoms with Crippen molar-refractivity contribution in [3.8, 4) is 5.75 Å². The van der Waals surface area contributed by atoms with Crippen molar-refractivity contribution in [1.82, 2.24) is 0 Å². The summed E-state index contributed by atoms with van der Waals surface area (Å²) < 4.78 is 29.7. The Morgan fingerprint density at radius 2 is 1.64 bits per heavy atom. The Morgan fingerprint density at radius 1 is 0.974 bits per heavy atom. The Hall–Kier alpha value is -0.966. The van der Waals surface area contributed by atoms with Gasteiger partial charge in [0.15, 0.2) is 8.32 Å². The van der Waals surface area contributed by atoms with Gasteiger partial charge in [0, 0.05) is 21.3 Å². The minimum absolute atomic E-state index is 0.0197. The molecule has 1 aromatic rings. The summed E-state index contributed by atoms with van der Waals surface area (Å²) in [6, 6.07) is 9.24. The van der Waals surface area contributed by atoms with Gasteiger partial charge in [-0.3, -0.25) is 0 Å². The van der Waals surface area contributed by atoms with E-state index in [1.807, 2.05) is 12.1 Å². The van der Waals surface area contributed by atoms with E-state index in [0.717, 1.165) is 44.3 Å². The molecule has 5 nitrogen and oxygen atoms in total. The molecule has 0 amide bonds. The first-order valence-corrected chi connectivity index (χ1v) is 21.4. The fourth-order valence-electron chi connectivity index (χ4n) is 3.63. The second kappa shape index (κ2) is 17.8. The number of allylic oxidation sites excluding steroid dienone is 1. The molecule has 0 fully saturated rings. The lowest BCUT2D eigenvalue weighted by Gasteiger charge is -2.37. The minimum Gasteiger partial charge on any atom is -0.497 e. The highest BCUT2D eigenvalue weighted by atomic mass is 28.4. The molecular weight excluding hydrogens is 521 g/mol. The molecule has 0 bridgehead atoms. The first-order valence-electron chi connectivity index (χ1n) is 14.8. The number of rotatable bonds is 20. The van der Waals surface area contributed by atoms with E-state index in [1.54, 1.807) is 7.11 Å². The van der Waals surface area contributed by atoms with Gasteiger partial charge < -0.3 is 23.4 Å². The van der Waals surface area contributed by atoms with Gasteiger partial charge in [0.25, 0.3) is 0 Å². The van der Waals surface area contributed by atoms with Crippen molar-refractivity contribution in [1.29, 1.82) is 0 Å². The summed E-state index contributed by atoms with van der Waals surface area (Å²) in [6.45, 7) is 26.3. The van der Waals surface area contributed by atoms with Gasteiger partial charge in [0.1, 0.15) is 12.5 Å². The molecule has 0 saturated carbocycles. The minimum atomic E-state index is -1.83. The molecule has 39 heavy (non-hydrogen) atoms. The van der Waals surface area contributed by atoms with Crippen LogP contribution in [0.25, 0.3) is 0 Å². The Labute approximate surface area is 243 Å². The maximum atomic E-state index is 6.51. The molecule has 1 rings (SSSR count). The van der Waals surface area contributed by atoms with Crippen molar-refractivity contribution in [2.75, 3.05) is 33.7 Å². The summed E-state index contributed by atoms with van der Waals surface area (Å²) in [5, 5.41) is 0.187. The standard InChI is InChI=1S/C32H60O5Si2/c1-27(13-12-14-28(2)23-35-24-29-16-19-30(33-6)20-17-29)15-18-31(25-37-39(10,11)32(3,4)5)36-26-34-21-22-38(7,8)9/h15-17,19-20,28,31H,12-14,18,21-26H2,1-11H3/b27-15-/t28-,31-/m0/s1. The number of hydrogen-bond donors (Lipinski definition) is 0. The number of hydrogen-bond acceptors (Lipinski definition) is 5. The van der Waals surface area contributed by atoms with Crippen molar-refractivity contribution >= 4 is 16.4 Å². The molecule has 2 atom stereocenters. The first kappa shape index (κ1) is 36.1. The molecule has 0 aliphatic rings. The van der Waals surface area contributed by atoms with Crippen LogP contribution in [0.1, 0.15) is 65.9 Å². The molecule has 0 aromatic heterocycles. The molecule has 226 valence electrons. The molecule has 0 unspecified atom stereocenters. The second-order valence-electron chi connectivity index (χ2n) is 13.8. The van der Waals surface area contributed by atoms with Crippen molar-refractivity contribution in [2.24, 2.45) is 5.92 Å². The lowest BCUT2D eigenvalue weighted by Crippen LogP contribution is -2.43. The molecule has 0 saturated heterocycles. The molecule has 0 radical (unpaired) electrons. The Kier molecular flexibility index (Phi) is 16.4. The van der Waals surface area contributed by atoms with Gasteiger partial charge in [-0.25, -0.2) is 0 Å². The van der Waals surface area contributed by atoms with Crippen LogP contribution >= 0.6 is 0 Å². The number of methoxy groups -OCH3 is 1. The monoisotopic (exact) mass is 580 g/mol. The van der Waals surface area contributed by atoms with Gasteiger partial charge in [-0.15, -0.1) is 0 Å². The van der Waals surface area contributed by atoms with Gasteiger partial charge in [0.05, 0.1) is 26.4 Å². The van der Waals surface area contributed by atoms with Gasteiger partial charge >= 0.3 is 0 Å². The topological polar surface area (TPSA) is 46.2 Å². The van der Waals surface area contributed by atoms with Crippen molar-refractivity contribution in [3.05, 3.63) is 41.5 Å². The van der Waals surface area contributed by atoms with Crippen molar-refractivity contribution in [3.63, 3.8) is 0 Å². The summed E-state index contributed by atoms with van der Waals surface area (Å²) in [7, 11) is -1.23. The number of ether oxygens (including phenoxy) is 4. The molecule has 7 heteroatoms. The largest absolute Gasteiger partial charge is 0.497 e. The highest BCUT2D eigenvalue weighted by Crippen LogP contribution is 2.36. The molecule has 0 aliphatic heterocycles. The number of benzene rings is 1. The molecular formula is C32H60O5Si2. The zero-order chi connectivity index (χ0) is 29.5. The van der Waals surface area contributed by atoms with Crippen molar-refractivity contribution < 1.29 is 23.4 Å². The predicted octanol–water partition coefficient (Wildman–Crippen LogP) is 9.07. The Bertz CT molecular complexity index is 809. The molecule has 0 spiro atoms. The molecule has 1 aromatic carbocycles. The first-order chi connectivity index (χ1) is 18.1. The van der Waals surface area contributed by atoms with E-state index in [0.29, 0.717) is 25.9 Å². The van der Waals surface area contributed by atoms with Crippen LogP contribution in [-0.2, 0) is 25.2 Å². The Balaban J connectivity index is 2.45. The SMILES string of the molecule is COc1ccc(COC[C@@H](C)CCC/C(C)=C\C[C@@H](CO[Si](C)(C)C(C)(C)C)OCOCC[Si](C)(C)C)cc1. The van der Waals surface area contributed by atoms with E-state index in [9.17, 15) is 0 Å². The zero-order valence-corrected chi connectivity index (χ0v) is 29.2. The van der Waals surface area contributed by atoms with Gasteiger partial charge in [-0.1, -0.05) is 71.1 Å². The average Bonchev–Trinajstić information content (AvgIpc) is 2.84. The molecule has 0 aliphatic carbocycles. The summed E-state index contributed by atoms with van der Waals surface area (Å²) in [6.07, 6.45) is 6.65. The van der Waals surface area contributed by atoms with Crippen LogP contribution in [0.4, 0.5) is 0 Å². The fraction of sp³-hybridized carbons (Fsp3) is 0.750. The van der Waals surface area contributed by atoms with Crippen LogP contribution in [0.5, 0.6) is 5.75 Å². The van der Waals surface area contributed by atoms with Crippen LogP contribution in [-0.4, -0.2) is 56.2 Å². The van der Waals surface area contributed by atoms with Crippen LogP contribution < -0.4 is 4.74 Å². The summed E-state index contributed by atoms with van der Waals surface area (Å²) >= 11 is 0. The average molecular weight is 581 g/mol. The van der Waals surface area contributed by atoms with Gasteiger partial charge in [0.2, 0.25) is 0 Å². The lowest BCUT2D eigenvalue weighted by molar-refractivity contribution is -0.0966. The summed E-state index contributed by atoms with van der Waals surface area (Å²) in [4.78, 5) is 0. The Morgan fingerprint density at radius 3 is 2.23 bits per heavy atom. The molecule has 0 heterocycles. The highest BCUT2D eigenvalue weighted by molar-refractivity contribution is 6.76. The van der Waals surface area contributed by atoms with E-state index in [1.165, 1.54) is 17.6 Å². The molecule has 0 N–H and O–H groups in total. The normalized spacial score (nSPS) is 14.9. The smallest absolute Gasteiger partial charge is 0.192 e. The predicted molar refractivity (Wildman–Crippen MR) is 171 cm³/mol. The van der Waals surface area contributed by atoms with Gasteiger partial charge in [-0.05, 0) is 80.4 Å². The fourth-order valence-corrected chi connectivity index (χ4v) is 5.42. The van der Waals surface area contributed by atoms with E-state index in [2.05, 4.69) is 85.6 Å². The van der Waals surface area contributed by atoms with E-state index in [-0.39, 0.29) is 11.1 Å². The second-order valence-corrected chi connectivity index (χ2v) is 24.3. The van der Waals surface area contributed by atoms with Gasteiger partial charge in [-0.2, -0.15) is 0 Å². The summed E-state index contributed by atoms with van der Waals surface area (Å²) in [5.41, 5.74) is 2.60.